The van der Waals surface area contributed by atoms with E-state index < -0.39 is 0 Å². The Balaban J connectivity index is 1.97. The summed E-state index contributed by atoms with van der Waals surface area (Å²) < 4.78 is 5.54. The SMILES string of the molecule is CCN(Cc1ccc(N(C)C)cc1)C(=O)COc1ccccc1C#N. The van der Waals surface area contributed by atoms with Crippen molar-refractivity contribution in [2.75, 3.05) is 32.1 Å². The Hall–Kier alpha value is -3.00. The van der Waals surface area contributed by atoms with Crippen molar-refractivity contribution in [1.82, 2.24) is 4.90 Å². The Bertz CT molecular complexity index is 748. The molecule has 0 aliphatic carbocycles. The molecule has 0 aromatic heterocycles. The number of rotatable bonds is 7. The summed E-state index contributed by atoms with van der Waals surface area (Å²) in [6.45, 7) is 2.99. The zero-order chi connectivity index (χ0) is 18.2. The van der Waals surface area contributed by atoms with E-state index in [1.807, 2.05) is 50.2 Å². The molecule has 0 N–H and O–H groups in total. The first-order valence-corrected chi connectivity index (χ1v) is 8.21. The summed E-state index contributed by atoms with van der Waals surface area (Å²) >= 11 is 0. The van der Waals surface area contributed by atoms with Gasteiger partial charge in [-0.15, -0.1) is 0 Å². The Kier molecular flexibility index (Phi) is 6.41. The number of hydrogen-bond donors (Lipinski definition) is 0. The molecule has 0 radical (unpaired) electrons. The summed E-state index contributed by atoms with van der Waals surface area (Å²) in [5.74, 6) is 0.330. The molecule has 0 heterocycles. The molecule has 0 aliphatic heterocycles. The van der Waals surface area contributed by atoms with Gasteiger partial charge in [0, 0.05) is 32.9 Å². The lowest BCUT2D eigenvalue weighted by atomic mass is 10.2. The highest BCUT2D eigenvalue weighted by atomic mass is 16.5. The molecule has 1 amide bonds. The van der Waals surface area contributed by atoms with Crippen LogP contribution in [0, 0.1) is 11.3 Å². The van der Waals surface area contributed by atoms with Crippen LogP contribution in [0.1, 0.15) is 18.1 Å². The maximum Gasteiger partial charge on any atom is 0.260 e. The number of carbonyl (C=O) groups excluding carboxylic acids is 1. The number of para-hydroxylation sites is 1. The molecule has 0 spiro atoms. The third kappa shape index (κ3) is 4.98. The van der Waals surface area contributed by atoms with E-state index in [0.717, 1.165) is 11.3 Å². The standard InChI is InChI=1S/C20H23N3O2/c1-4-23(14-16-9-11-18(12-10-16)22(2)3)20(24)15-25-19-8-6-5-7-17(19)13-21/h5-12H,4,14-15H2,1-3H3. The molecule has 130 valence electrons. The van der Waals surface area contributed by atoms with Gasteiger partial charge in [0.25, 0.3) is 5.91 Å². The van der Waals surface area contributed by atoms with Gasteiger partial charge < -0.3 is 14.5 Å². The minimum absolute atomic E-state index is 0.0810. The maximum atomic E-state index is 12.4. The Morgan fingerprint density at radius 1 is 1.12 bits per heavy atom. The van der Waals surface area contributed by atoms with Gasteiger partial charge in [0.15, 0.2) is 6.61 Å². The molecule has 0 atom stereocenters. The largest absolute Gasteiger partial charge is 0.482 e. The van der Waals surface area contributed by atoms with Crippen LogP contribution in [0.3, 0.4) is 0 Å². The van der Waals surface area contributed by atoms with E-state index in [9.17, 15) is 4.79 Å². The zero-order valence-corrected chi connectivity index (χ0v) is 14.9. The van der Waals surface area contributed by atoms with Gasteiger partial charge in [-0.05, 0) is 36.8 Å². The van der Waals surface area contributed by atoms with Crippen LogP contribution in [-0.2, 0) is 11.3 Å². The third-order valence-corrected chi connectivity index (χ3v) is 3.92. The van der Waals surface area contributed by atoms with E-state index in [1.54, 1.807) is 29.2 Å². The van der Waals surface area contributed by atoms with Gasteiger partial charge in [-0.2, -0.15) is 5.26 Å². The molecule has 0 unspecified atom stereocenters. The number of nitrogens with zero attached hydrogens (tertiary/aromatic N) is 3. The topological polar surface area (TPSA) is 56.6 Å². The van der Waals surface area contributed by atoms with E-state index in [1.165, 1.54) is 0 Å². The van der Waals surface area contributed by atoms with Gasteiger partial charge in [-0.1, -0.05) is 24.3 Å². The average Bonchev–Trinajstić information content (AvgIpc) is 2.64. The molecule has 2 aromatic rings. The van der Waals surface area contributed by atoms with Crippen molar-refractivity contribution < 1.29 is 9.53 Å². The molecule has 5 nitrogen and oxygen atoms in total. The lowest BCUT2D eigenvalue weighted by Crippen LogP contribution is -2.34. The van der Waals surface area contributed by atoms with Gasteiger partial charge in [0.1, 0.15) is 11.8 Å². The van der Waals surface area contributed by atoms with Crippen molar-refractivity contribution in [3.8, 4) is 11.8 Å². The first kappa shape index (κ1) is 18.3. The lowest BCUT2D eigenvalue weighted by Gasteiger charge is -2.22. The predicted octanol–water partition coefficient (Wildman–Crippen LogP) is 3.05. The van der Waals surface area contributed by atoms with E-state index >= 15 is 0 Å². The molecule has 2 aromatic carbocycles. The lowest BCUT2D eigenvalue weighted by molar-refractivity contribution is -0.133. The molecule has 25 heavy (non-hydrogen) atoms. The minimum Gasteiger partial charge on any atom is -0.482 e. The second-order valence-electron chi connectivity index (χ2n) is 5.87. The highest BCUT2D eigenvalue weighted by molar-refractivity contribution is 5.77. The fourth-order valence-corrected chi connectivity index (χ4v) is 2.41. The number of nitriles is 1. The van der Waals surface area contributed by atoms with Crippen LogP contribution in [0.2, 0.25) is 0 Å². The first-order valence-electron chi connectivity index (χ1n) is 8.21. The summed E-state index contributed by atoms with van der Waals surface area (Å²) in [4.78, 5) is 16.2. The zero-order valence-electron chi connectivity index (χ0n) is 14.9. The van der Waals surface area contributed by atoms with Crippen LogP contribution in [0.5, 0.6) is 5.75 Å². The molecular weight excluding hydrogens is 314 g/mol. The number of carbonyl (C=O) groups is 1. The fourth-order valence-electron chi connectivity index (χ4n) is 2.41. The smallest absolute Gasteiger partial charge is 0.260 e. The second-order valence-corrected chi connectivity index (χ2v) is 5.87. The van der Waals surface area contributed by atoms with Crippen LogP contribution in [0.4, 0.5) is 5.69 Å². The molecule has 2 rings (SSSR count). The predicted molar refractivity (Wildman–Crippen MR) is 98.5 cm³/mol. The van der Waals surface area contributed by atoms with E-state index in [4.69, 9.17) is 10.00 Å². The summed E-state index contributed by atoms with van der Waals surface area (Å²) in [6, 6.07) is 17.1. The van der Waals surface area contributed by atoms with Gasteiger partial charge in [0.05, 0.1) is 5.56 Å². The number of anilines is 1. The molecule has 0 bridgehead atoms. The Morgan fingerprint density at radius 2 is 1.80 bits per heavy atom. The fraction of sp³-hybridized carbons (Fsp3) is 0.300. The quantitative estimate of drug-likeness (QED) is 0.779. The molecule has 0 fully saturated rings. The molecular formula is C20H23N3O2. The number of hydrogen-bond acceptors (Lipinski definition) is 4. The highest BCUT2D eigenvalue weighted by Crippen LogP contribution is 2.17. The van der Waals surface area contributed by atoms with Crippen molar-refractivity contribution in [1.29, 1.82) is 5.26 Å². The minimum atomic E-state index is -0.105. The van der Waals surface area contributed by atoms with Crippen LogP contribution in [-0.4, -0.2) is 38.1 Å². The van der Waals surface area contributed by atoms with Crippen LogP contribution < -0.4 is 9.64 Å². The summed E-state index contributed by atoms with van der Waals surface area (Å²) in [6.07, 6.45) is 0. The highest BCUT2D eigenvalue weighted by Gasteiger charge is 2.14. The van der Waals surface area contributed by atoms with E-state index in [0.29, 0.717) is 24.4 Å². The van der Waals surface area contributed by atoms with E-state index in [-0.39, 0.29) is 12.5 Å². The molecule has 0 saturated heterocycles. The van der Waals surface area contributed by atoms with Crippen molar-refractivity contribution in [3.05, 3.63) is 59.7 Å². The number of ether oxygens (including phenoxy) is 1. The third-order valence-electron chi connectivity index (χ3n) is 3.92. The normalized spacial score (nSPS) is 10.0. The number of amides is 1. The van der Waals surface area contributed by atoms with Crippen molar-refractivity contribution in [2.45, 2.75) is 13.5 Å². The molecule has 0 saturated carbocycles. The second kappa shape index (κ2) is 8.74. The number of benzene rings is 2. The monoisotopic (exact) mass is 337 g/mol. The van der Waals surface area contributed by atoms with Crippen molar-refractivity contribution >= 4 is 11.6 Å². The van der Waals surface area contributed by atoms with Gasteiger partial charge in [-0.25, -0.2) is 0 Å². The van der Waals surface area contributed by atoms with Crippen LogP contribution >= 0.6 is 0 Å². The van der Waals surface area contributed by atoms with Crippen molar-refractivity contribution in [3.63, 3.8) is 0 Å². The van der Waals surface area contributed by atoms with Crippen molar-refractivity contribution in [2.24, 2.45) is 0 Å². The average molecular weight is 337 g/mol. The molecule has 5 heteroatoms. The maximum absolute atomic E-state index is 12.4. The summed E-state index contributed by atoms with van der Waals surface area (Å²) in [7, 11) is 3.99. The van der Waals surface area contributed by atoms with Gasteiger partial charge in [0.2, 0.25) is 0 Å². The molecule has 0 aliphatic rings. The summed E-state index contributed by atoms with van der Waals surface area (Å²) in [5.41, 5.74) is 2.62. The Morgan fingerprint density at radius 3 is 2.40 bits per heavy atom. The van der Waals surface area contributed by atoms with Crippen LogP contribution in [0.25, 0.3) is 0 Å². The Labute approximate surface area is 149 Å². The number of likely N-dealkylation sites (N-methyl/N-ethyl adjacent to an activating group) is 1. The van der Waals surface area contributed by atoms with E-state index in [2.05, 4.69) is 6.07 Å². The van der Waals surface area contributed by atoms with Gasteiger partial charge in [-0.3, -0.25) is 4.79 Å². The summed E-state index contributed by atoms with van der Waals surface area (Å²) in [5, 5.41) is 9.07. The first-order chi connectivity index (χ1) is 12.0. The van der Waals surface area contributed by atoms with Crippen LogP contribution in [0.15, 0.2) is 48.5 Å². The van der Waals surface area contributed by atoms with Gasteiger partial charge >= 0.3 is 0 Å².